The molecule has 3 rings (SSSR count). The van der Waals surface area contributed by atoms with E-state index in [4.69, 9.17) is 9.47 Å². The van der Waals surface area contributed by atoms with Gasteiger partial charge < -0.3 is 35.0 Å². The number of benzene rings is 2. The third kappa shape index (κ3) is 4.98. The molecule has 5 N–H and O–H groups in total. The van der Waals surface area contributed by atoms with E-state index in [0.29, 0.717) is 28.9 Å². The van der Waals surface area contributed by atoms with Gasteiger partial charge in [0.25, 0.3) is 0 Å². The largest absolute Gasteiger partial charge is 0.508 e. The second-order valence-corrected chi connectivity index (χ2v) is 7.92. The Balaban J connectivity index is 2.07. The molecule has 31 heavy (non-hydrogen) atoms. The van der Waals surface area contributed by atoms with Crippen molar-refractivity contribution in [1.29, 1.82) is 5.26 Å². The Morgan fingerprint density at radius 2 is 1.74 bits per heavy atom. The SMILES string of the molecule is CC(C)Oc1cc(C#N)c(Cc2ccc(O)cc2)cc1[C@@H]1O[C@H](CO)[C@@H](O)[C@H](O)[C@H]1O. The van der Waals surface area contributed by atoms with Crippen molar-refractivity contribution in [2.24, 2.45) is 0 Å². The molecule has 0 saturated carbocycles. The number of phenolic OH excluding ortho intramolecular Hbond substituents is 1. The molecule has 0 aliphatic carbocycles. The Labute approximate surface area is 180 Å². The molecule has 2 aromatic rings. The van der Waals surface area contributed by atoms with Gasteiger partial charge in [0, 0.05) is 5.56 Å². The smallest absolute Gasteiger partial charge is 0.126 e. The number of aliphatic hydroxyl groups excluding tert-OH is 4. The van der Waals surface area contributed by atoms with Gasteiger partial charge in [0.15, 0.2) is 0 Å². The lowest BCUT2D eigenvalue weighted by atomic mass is 9.88. The summed E-state index contributed by atoms with van der Waals surface area (Å²) in [5.41, 5.74) is 2.26. The maximum absolute atomic E-state index is 10.6. The number of phenols is 1. The third-order valence-electron chi connectivity index (χ3n) is 5.25. The molecule has 0 bridgehead atoms. The Bertz CT molecular complexity index is 936. The van der Waals surface area contributed by atoms with Crippen LogP contribution in [0.2, 0.25) is 0 Å². The molecule has 8 heteroatoms. The first-order chi connectivity index (χ1) is 14.7. The number of aromatic hydroxyl groups is 1. The van der Waals surface area contributed by atoms with Crippen LogP contribution in [-0.4, -0.2) is 62.7 Å². The molecule has 0 unspecified atom stereocenters. The van der Waals surface area contributed by atoms with Crippen LogP contribution in [0.3, 0.4) is 0 Å². The predicted octanol–water partition coefficient (Wildman–Crippen LogP) is 1.16. The standard InChI is InChI=1S/C23H27NO7/c1-12(2)30-18-9-15(10-24)14(7-13-3-5-16(26)6-4-13)8-17(18)23-22(29)21(28)20(27)19(11-25)31-23/h3-6,8-9,12,19-23,25-29H,7,11H2,1-2H3/t19-,20-,21+,22-,23+/m1/s1. The highest BCUT2D eigenvalue weighted by molar-refractivity contribution is 5.51. The minimum atomic E-state index is -1.53. The van der Waals surface area contributed by atoms with Gasteiger partial charge >= 0.3 is 0 Å². The molecule has 2 aromatic carbocycles. The quantitative estimate of drug-likeness (QED) is 0.460. The summed E-state index contributed by atoms with van der Waals surface area (Å²) in [4.78, 5) is 0. The van der Waals surface area contributed by atoms with Crippen LogP contribution in [0.15, 0.2) is 36.4 Å². The van der Waals surface area contributed by atoms with Gasteiger partial charge in [-0.3, -0.25) is 0 Å². The van der Waals surface area contributed by atoms with E-state index in [9.17, 15) is 30.8 Å². The molecule has 8 nitrogen and oxygen atoms in total. The number of nitrogens with zero attached hydrogens (tertiary/aromatic N) is 1. The summed E-state index contributed by atoms with van der Waals surface area (Å²) >= 11 is 0. The normalized spacial score (nSPS) is 25.9. The number of hydrogen-bond acceptors (Lipinski definition) is 8. The predicted molar refractivity (Wildman–Crippen MR) is 111 cm³/mol. The fourth-order valence-electron chi connectivity index (χ4n) is 3.66. The Kier molecular flexibility index (Phi) is 7.15. The van der Waals surface area contributed by atoms with Crippen LogP contribution in [0, 0.1) is 11.3 Å². The number of ether oxygens (including phenoxy) is 2. The van der Waals surface area contributed by atoms with E-state index in [1.165, 1.54) is 0 Å². The van der Waals surface area contributed by atoms with E-state index < -0.39 is 37.1 Å². The second-order valence-electron chi connectivity index (χ2n) is 7.92. The average Bonchev–Trinajstić information content (AvgIpc) is 2.74. The molecule has 0 aromatic heterocycles. The highest BCUT2D eigenvalue weighted by Gasteiger charge is 2.45. The van der Waals surface area contributed by atoms with E-state index in [2.05, 4.69) is 6.07 Å². The van der Waals surface area contributed by atoms with E-state index in [0.717, 1.165) is 5.56 Å². The lowest BCUT2D eigenvalue weighted by Crippen LogP contribution is -2.55. The van der Waals surface area contributed by atoms with Crippen molar-refractivity contribution in [1.82, 2.24) is 0 Å². The van der Waals surface area contributed by atoms with Crippen LogP contribution in [-0.2, 0) is 11.2 Å². The molecule has 1 saturated heterocycles. The first-order valence-electron chi connectivity index (χ1n) is 10.1. The van der Waals surface area contributed by atoms with Crippen molar-refractivity contribution >= 4 is 0 Å². The molecule has 0 radical (unpaired) electrons. The molecule has 1 heterocycles. The van der Waals surface area contributed by atoms with Gasteiger partial charge in [-0.1, -0.05) is 12.1 Å². The van der Waals surface area contributed by atoms with Gasteiger partial charge in [0.1, 0.15) is 42.0 Å². The van der Waals surface area contributed by atoms with Crippen molar-refractivity contribution in [3.8, 4) is 17.6 Å². The maximum Gasteiger partial charge on any atom is 0.126 e. The zero-order valence-electron chi connectivity index (χ0n) is 17.3. The Morgan fingerprint density at radius 3 is 2.32 bits per heavy atom. The minimum Gasteiger partial charge on any atom is -0.508 e. The molecule has 0 amide bonds. The lowest BCUT2D eigenvalue weighted by Gasteiger charge is -2.40. The monoisotopic (exact) mass is 429 g/mol. The van der Waals surface area contributed by atoms with Crippen LogP contribution in [0.25, 0.3) is 0 Å². The lowest BCUT2D eigenvalue weighted by molar-refractivity contribution is -0.232. The molecular formula is C23H27NO7. The van der Waals surface area contributed by atoms with Crippen molar-refractivity contribution in [3.05, 3.63) is 58.7 Å². The highest BCUT2D eigenvalue weighted by Crippen LogP contribution is 2.39. The molecule has 0 spiro atoms. The first kappa shape index (κ1) is 23.0. The summed E-state index contributed by atoms with van der Waals surface area (Å²) < 4.78 is 11.6. The number of aliphatic hydroxyl groups is 4. The van der Waals surface area contributed by atoms with Crippen LogP contribution in [0.5, 0.6) is 11.5 Å². The average molecular weight is 429 g/mol. The summed E-state index contributed by atoms with van der Waals surface area (Å²) in [5.74, 6) is 0.442. The van der Waals surface area contributed by atoms with Crippen molar-refractivity contribution < 1.29 is 35.0 Å². The van der Waals surface area contributed by atoms with E-state index in [-0.39, 0.29) is 11.9 Å². The zero-order chi connectivity index (χ0) is 22.7. The van der Waals surface area contributed by atoms with E-state index >= 15 is 0 Å². The minimum absolute atomic E-state index is 0.131. The Morgan fingerprint density at radius 1 is 1.06 bits per heavy atom. The number of nitriles is 1. The van der Waals surface area contributed by atoms with Gasteiger partial charge in [-0.25, -0.2) is 0 Å². The fraction of sp³-hybridized carbons (Fsp3) is 0.435. The van der Waals surface area contributed by atoms with E-state index in [1.54, 1.807) is 36.4 Å². The molecule has 1 aliphatic rings. The van der Waals surface area contributed by atoms with Gasteiger partial charge in [-0.15, -0.1) is 0 Å². The van der Waals surface area contributed by atoms with Crippen molar-refractivity contribution in [2.75, 3.05) is 6.61 Å². The van der Waals surface area contributed by atoms with Crippen LogP contribution < -0.4 is 4.74 Å². The van der Waals surface area contributed by atoms with Gasteiger partial charge in [-0.2, -0.15) is 5.26 Å². The molecular weight excluding hydrogens is 402 g/mol. The van der Waals surface area contributed by atoms with Crippen molar-refractivity contribution in [3.63, 3.8) is 0 Å². The summed E-state index contributed by atoms with van der Waals surface area (Å²) in [7, 11) is 0. The third-order valence-corrected chi connectivity index (χ3v) is 5.25. The fourth-order valence-corrected chi connectivity index (χ4v) is 3.66. The molecule has 5 atom stereocenters. The Hall–Kier alpha value is -2.67. The van der Waals surface area contributed by atoms with Crippen LogP contribution >= 0.6 is 0 Å². The van der Waals surface area contributed by atoms with Gasteiger partial charge in [-0.05, 0) is 55.7 Å². The van der Waals surface area contributed by atoms with Crippen LogP contribution in [0.4, 0.5) is 0 Å². The summed E-state index contributed by atoms with van der Waals surface area (Å²) in [5, 5.41) is 59.6. The summed E-state index contributed by atoms with van der Waals surface area (Å²) in [6.45, 7) is 3.08. The number of hydrogen-bond donors (Lipinski definition) is 5. The van der Waals surface area contributed by atoms with E-state index in [1.807, 2.05) is 13.8 Å². The second kappa shape index (κ2) is 9.64. The molecule has 1 aliphatic heterocycles. The summed E-state index contributed by atoms with van der Waals surface area (Å²) in [6, 6.07) is 12.0. The zero-order valence-corrected chi connectivity index (χ0v) is 17.3. The maximum atomic E-state index is 10.6. The van der Waals surface area contributed by atoms with Crippen molar-refractivity contribution in [2.45, 2.75) is 56.9 Å². The molecule has 166 valence electrons. The summed E-state index contributed by atoms with van der Waals surface area (Å²) in [6.07, 6.45) is -6.49. The molecule has 1 fully saturated rings. The topological polar surface area (TPSA) is 143 Å². The van der Waals surface area contributed by atoms with Gasteiger partial charge in [0.2, 0.25) is 0 Å². The van der Waals surface area contributed by atoms with Crippen LogP contribution in [0.1, 0.15) is 42.2 Å². The number of rotatable bonds is 6. The highest BCUT2D eigenvalue weighted by atomic mass is 16.5. The first-order valence-corrected chi connectivity index (χ1v) is 10.1. The van der Waals surface area contributed by atoms with Gasteiger partial charge in [0.05, 0.1) is 24.3 Å².